The van der Waals surface area contributed by atoms with Gasteiger partial charge < -0.3 is 9.64 Å². The molecule has 41 heavy (non-hydrogen) atoms. The highest BCUT2D eigenvalue weighted by Crippen LogP contribution is 2.40. The summed E-state index contributed by atoms with van der Waals surface area (Å²) in [4.78, 5) is 16.8. The Hall–Kier alpha value is -4.47. The predicted molar refractivity (Wildman–Crippen MR) is 150 cm³/mol. The van der Waals surface area contributed by atoms with Gasteiger partial charge in [-0.15, -0.1) is 0 Å². The molecule has 1 amide bonds. The SMILES string of the molecule is [2H]C([2H])([2H])N(C)C(=O)/C=C/CCCCOc1ccc(/C(=C(/CC(F)(F)F)c2ccccc2)c2ccc3n[nH]c(F)c3c2)cn1. The van der Waals surface area contributed by atoms with Crippen LogP contribution in [0.15, 0.2) is 79.0 Å². The molecule has 0 spiro atoms. The number of hydrogen-bond donors (Lipinski definition) is 1. The Kier molecular flexibility index (Phi) is 8.24. The lowest BCUT2D eigenvalue weighted by molar-refractivity contribution is -0.124. The first-order valence-corrected chi connectivity index (χ1v) is 12.9. The standard InChI is InChI=1S/C31H30F4N4O2/c1-39(2)28(40)12-8-3-4-9-17-41-27-16-14-23(20-36-27)29(22-13-15-26-24(18-22)30(32)38-37-26)25(19-31(33,34)35)21-10-6-5-7-11-21/h5-8,10-16,18,20H,3-4,9,17,19H2,1-2H3,(H,37,38)/b12-8+,29-25-/i1D3. The Labute approximate surface area is 239 Å². The number of carbonyl (C=O) groups is 1. The van der Waals surface area contributed by atoms with Crippen molar-refractivity contribution >= 4 is 28.0 Å². The number of aromatic amines is 1. The van der Waals surface area contributed by atoms with Crippen LogP contribution in [0.1, 0.15) is 46.5 Å². The third-order valence-corrected chi connectivity index (χ3v) is 6.23. The second-order valence-electron chi connectivity index (χ2n) is 9.31. The van der Waals surface area contributed by atoms with Gasteiger partial charge in [-0.05, 0) is 65.8 Å². The van der Waals surface area contributed by atoms with Crippen molar-refractivity contribution in [2.24, 2.45) is 0 Å². The van der Waals surface area contributed by atoms with Gasteiger partial charge in [-0.2, -0.15) is 22.7 Å². The van der Waals surface area contributed by atoms with E-state index in [1.165, 1.54) is 25.4 Å². The Morgan fingerprint density at radius 2 is 1.85 bits per heavy atom. The van der Waals surface area contributed by atoms with E-state index in [1.54, 1.807) is 60.7 Å². The molecule has 0 bridgehead atoms. The van der Waals surface area contributed by atoms with Crippen LogP contribution < -0.4 is 4.74 Å². The van der Waals surface area contributed by atoms with Crippen molar-refractivity contribution in [1.29, 1.82) is 0 Å². The third-order valence-electron chi connectivity index (χ3n) is 6.23. The molecule has 10 heteroatoms. The molecular formula is C31H30F4N4O2. The van der Waals surface area contributed by atoms with E-state index in [0.717, 1.165) is 0 Å². The average Bonchev–Trinajstić information content (AvgIpc) is 3.35. The monoisotopic (exact) mass is 569 g/mol. The maximum absolute atomic E-state index is 14.4. The van der Waals surface area contributed by atoms with Gasteiger partial charge >= 0.3 is 6.18 Å². The fourth-order valence-electron chi connectivity index (χ4n) is 4.27. The van der Waals surface area contributed by atoms with E-state index in [-0.39, 0.29) is 22.4 Å². The highest BCUT2D eigenvalue weighted by molar-refractivity contribution is 6.00. The summed E-state index contributed by atoms with van der Waals surface area (Å²) in [7, 11) is 1.21. The molecule has 0 aliphatic rings. The first-order valence-electron chi connectivity index (χ1n) is 14.4. The molecule has 0 radical (unpaired) electrons. The average molecular weight is 570 g/mol. The first kappa shape index (κ1) is 25.5. The minimum absolute atomic E-state index is 0.00779. The zero-order valence-electron chi connectivity index (χ0n) is 25.2. The molecule has 0 aliphatic heterocycles. The lowest BCUT2D eigenvalue weighted by Gasteiger charge is -2.19. The van der Waals surface area contributed by atoms with Gasteiger partial charge in [0.25, 0.3) is 0 Å². The highest BCUT2D eigenvalue weighted by atomic mass is 19.4. The molecule has 214 valence electrons. The number of allylic oxidation sites excluding steroid dienone is 2. The molecule has 1 N–H and O–H groups in total. The second-order valence-corrected chi connectivity index (χ2v) is 9.31. The Bertz CT molecular complexity index is 1630. The molecule has 4 aromatic rings. The molecule has 0 saturated heterocycles. The summed E-state index contributed by atoms with van der Waals surface area (Å²) in [5.74, 6) is -1.03. The number of halogens is 4. The number of carbonyl (C=O) groups excluding carboxylic acids is 1. The number of rotatable bonds is 11. The maximum Gasteiger partial charge on any atom is 0.393 e. The molecule has 0 atom stereocenters. The van der Waals surface area contributed by atoms with E-state index in [0.29, 0.717) is 53.0 Å². The maximum atomic E-state index is 14.4. The van der Waals surface area contributed by atoms with Gasteiger partial charge in [-0.1, -0.05) is 42.5 Å². The topological polar surface area (TPSA) is 71.1 Å². The number of nitrogens with one attached hydrogen (secondary N) is 1. The van der Waals surface area contributed by atoms with Crippen LogP contribution in [0.25, 0.3) is 22.0 Å². The van der Waals surface area contributed by atoms with Gasteiger partial charge in [0, 0.05) is 36.0 Å². The molecule has 4 rings (SSSR count). The molecule has 0 fully saturated rings. The molecule has 6 nitrogen and oxygen atoms in total. The summed E-state index contributed by atoms with van der Waals surface area (Å²) in [5.41, 5.74) is 1.73. The largest absolute Gasteiger partial charge is 0.478 e. The van der Waals surface area contributed by atoms with E-state index in [2.05, 4.69) is 15.2 Å². The number of alkyl halides is 3. The summed E-state index contributed by atoms with van der Waals surface area (Å²) in [6.07, 6.45) is 0.320. The number of fused-ring (bicyclic) bond motifs is 1. The molecule has 2 aromatic carbocycles. The quantitative estimate of drug-likeness (QED) is 0.0898. The van der Waals surface area contributed by atoms with E-state index < -0.39 is 31.4 Å². The van der Waals surface area contributed by atoms with E-state index in [4.69, 9.17) is 8.85 Å². The summed E-state index contributed by atoms with van der Waals surface area (Å²) in [5, 5.41) is 6.28. The third kappa shape index (κ3) is 8.03. The predicted octanol–water partition coefficient (Wildman–Crippen LogP) is 7.20. The van der Waals surface area contributed by atoms with E-state index in [9.17, 15) is 22.4 Å². The van der Waals surface area contributed by atoms with Crippen LogP contribution in [0.2, 0.25) is 0 Å². The van der Waals surface area contributed by atoms with Gasteiger partial charge in [0.1, 0.15) is 0 Å². The van der Waals surface area contributed by atoms with Crippen LogP contribution >= 0.6 is 0 Å². The number of hydrogen-bond acceptors (Lipinski definition) is 4. The number of likely N-dealkylation sites (N-methyl/N-ethyl adjacent to an activating group) is 1. The van der Waals surface area contributed by atoms with Crippen molar-refractivity contribution in [3.8, 4) is 5.88 Å². The number of nitrogens with zero attached hydrogens (tertiary/aromatic N) is 3. The Balaban J connectivity index is 1.53. The highest BCUT2D eigenvalue weighted by Gasteiger charge is 2.31. The molecule has 0 unspecified atom stereocenters. The molecular weight excluding hydrogens is 536 g/mol. The van der Waals surface area contributed by atoms with Crippen LogP contribution in [0.4, 0.5) is 17.6 Å². The van der Waals surface area contributed by atoms with Gasteiger partial charge in [0.2, 0.25) is 17.7 Å². The number of unbranched alkanes of at least 4 members (excludes halogenated alkanes) is 2. The number of aromatic nitrogens is 3. The van der Waals surface area contributed by atoms with E-state index in [1.807, 2.05) is 0 Å². The van der Waals surface area contributed by atoms with Crippen molar-refractivity contribution in [1.82, 2.24) is 20.1 Å². The van der Waals surface area contributed by atoms with Crippen molar-refractivity contribution < 1.29 is 31.2 Å². The van der Waals surface area contributed by atoms with E-state index >= 15 is 0 Å². The zero-order valence-corrected chi connectivity index (χ0v) is 22.2. The van der Waals surface area contributed by atoms with Crippen LogP contribution in [0.3, 0.4) is 0 Å². The smallest absolute Gasteiger partial charge is 0.393 e. The summed E-state index contributed by atoms with van der Waals surface area (Å²) < 4.78 is 83.5. The fourth-order valence-corrected chi connectivity index (χ4v) is 4.27. The molecule has 2 aromatic heterocycles. The van der Waals surface area contributed by atoms with Crippen molar-refractivity contribution in [2.75, 3.05) is 20.6 Å². The van der Waals surface area contributed by atoms with Crippen molar-refractivity contribution in [3.05, 3.63) is 102 Å². The number of amides is 1. The number of benzene rings is 2. The van der Waals surface area contributed by atoms with Gasteiger partial charge in [-0.25, -0.2) is 4.98 Å². The van der Waals surface area contributed by atoms with Crippen molar-refractivity contribution in [3.63, 3.8) is 0 Å². The number of ether oxygens (including phenoxy) is 1. The van der Waals surface area contributed by atoms with Crippen LogP contribution in [-0.4, -0.2) is 52.8 Å². The normalized spacial score (nSPS) is 13.9. The van der Waals surface area contributed by atoms with Crippen LogP contribution in [-0.2, 0) is 4.79 Å². The second kappa shape index (κ2) is 13.3. The number of pyridine rings is 1. The fraction of sp³-hybridized carbons (Fsp3) is 0.258. The van der Waals surface area contributed by atoms with Gasteiger partial charge in [0.05, 0.1) is 23.9 Å². The van der Waals surface area contributed by atoms with Crippen LogP contribution in [0, 0.1) is 5.95 Å². The molecule has 0 aliphatic carbocycles. The summed E-state index contributed by atoms with van der Waals surface area (Å²) in [6, 6.07) is 16.0. The van der Waals surface area contributed by atoms with Gasteiger partial charge in [0.15, 0.2) is 0 Å². The summed E-state index contributed by atoms with van der Waals surface area (Å²) >= 11 is 0. The zero-order chi connectivity index (χ0) is 31.9. The minimum atomic E-state index is -4.52. The van der Waals surface area contributed by atoms with Crippen molar-refractivity contribution in [2.45, 2.75) is 31.9 Å². The Morgan fingerprint density at radius 1 is 1.07 bits per heavy atom. The summed E-state index contributed by atoms with van der Waals surface area (Å²) in [6.45, 7) is -2.20. The van der Waals surface area contributed by atoms with Crippen LogP contribution in [0.5, 0.6) is 5.88 Å². The molecule has 0 saturated carbocycles. The lowest BCUT2D eigenvalue weighted by atomic mass is 9.88. The lowest BCUT2D eigenvalue weighted by Crippen LogP contribution is -2.18. The molecule has 2 heterocycles. The minimum Gasteiger partial charge on any atom is -0.478 e. The number of H-pyrrole nitrogens is 1. The van der Waals surface area contributed by atoms with Gasteiger partial charge in [-0.3, -0.25) is 9.89 Å². The Morgan fingerprint density at radius 3 is 2.56 bits per heavy atom. The first-order chi connectivity index (χ1) is 20.8.